The van der Waals surface area contributed by atoms with Crippen molar-refractivity contribution in [3.63, 3.8) is 0 Å². The van der Waals surface area contributed by atoms with Crippen LogP contribution >= 0.6 is 0 Å². The van der Waals surface area contributed by atoms with Gasteiger partial charge in [0.15, 0.2) is 0 Å². The van der Waals surface area contributed by atoms with E-state index in [1.54, 1.807) is 0 Å². The zero-order valence-electron chi connectivity index (χ0n) is 18.2. The van der Waals surface area contributed by atoms with E-state index in [9.17, 15) is 14.4 Å². The second-order valence-electron chi connectivity index (χ2n) is 6.80. The second kappa shape index (κ2) is 16.3. The average Bonchev–Trinajstić information content (AvgIpc) is 2.73. The van der Waals surface area contributed by atoms with Gasteiger partial charge >= 0.3 is 17.9 Å². The lowest BCUT2D eigenvalue weighted by Gasteiger charge is -2.29. The van der Waals surface area contributed by atoms with Gasteiger partial charge in [-0.25, -0.2) is 0 Å². The molecule has 164 valence electrons. The molecule has 0 aliphatic carbocycles. The molecular weight excluding hydrogens is 364 g/mol. The predicted octanol–water partition coefficient (Wildman–Crippen LogP) is 1.72. The van der Waals surface area contributed by atoms with E-state index in [0.29, 0.717) is 38.5 Å². The van der Waals surface area contributed by atoms with Gasteiger partial charge in [0, 0.05) is 39.3 Å². The third kappa shape index (κ3) is 12.7. The topological polar surface area (TPSA) is 85.4 Å². The van der Waals surface area contributed by atoms with Crippen LogP contribution in [-0.2, 0) is 28.6 Å². The smallest absolute Gasteiger partial charge is 0.306 e. The monoisotopic (exact) mass is 402 g/mol. The highest BCUT2D eigenvalue weighted by molar-refractivity contribution is 5.70. The lowest BCUT2D eigenvalue weighted by molar-refractivity contribution is -0.142. The highest BCUT2D eigenvalue weighted by Gasteiger charge is 2.16. The summed E-state index contributed by atoms with van der Waals surface area (Å²) in [4.78, 5) is 38.8. The minimum Gasteiger partial charge on any atom is -0.469 e. The molecule has 0 N–H and O–H groups in total. The molecular formula is C20H38N2O6. The van der Waals surface area contributed by atoms with Gasteiger partial charge in [-0.3, -0.25) is 14.4 Å². The first-order chi connectivity index (χ1) is 13.4. The van der Waals surface area contributed by atoms with Crippen LogP contribution in [0.1, 0.15) is 46.0 Å². The summed E-state index contributed by atoms with van der Waals surface area (Å²) in [6.45, 7) is 8.35. The molecule has 8 nitrogen and oxygen atoms in total. The van der Waals surface area contributed by atoms with Crippen LogP contribution in [0, 0.1) is 5.92 Å². The zero-order chi connectivity index (χ0) is 21.4. The molecule has 8 heteroatoms. The molecule has 0 unspecified atom stereocenters. The average molecular weight is 403 g/mol. The quantitative estimate of drug-likeness (QED) is 0.285. The molecule has 0 saturated heterocycles. The molecule has 0 aromatic heterocycles. The van der Waals surface area contributed by atoms with Crippen molar-refractivity contribution in [2.24, 2.45) is 5.92 Å². The van der Waals surface area contributed by atoms with Crippen LogP contribution in [0.5, 0.6) is 0 Å². The van der Waals surface area contributed by atoms with Crippen LogP contribution in [0.15, 0.2) is 0 Å². The number of carbonyl (C=O) groups is 3. The van der Waals surface area contributed by atoms with Gasteiger partial charge in [-0.15, -0.1) is 0 Å². The molecule has 0 fully saturated rings. The Morgan fingerprint density at radius 1 is 0.643 bits per heavy atom. The minimum absolute atomic E-state index is 0.220. The van der Waals surface area contributed by atoms with Crippen LogP contribution in [0.2, 0.25) is 0 Å². The first-order valence-corrected chi connectivity index (χ1v) is 10.0. The fourth-order valence-electron chi connectivity index (χ4n) is 2.88. The van der Waals surface area contributed by atoms with E-state index in [4.69, 9.17) is 14.2 Å². The van der Waals surface area contributed by atoms with E-state index in [0.717, 1.165) is 25.9 Å². The van der Waals surface area contributed by atoms with Gasteiger partial charge < -0.3 is 24.0 Å². The number of rotatable bonds is 16. The van der Waals surface area contributed by atoms with Crippen LogP contribution in [0.3, 0.4) is 0 Å². The summed E-state index contributed by atoms with van der Waals surface area (Å²) < 4.78 is 14.2. The molecule has 0 heterocycles. The fourth-order valence-corrected chi connectivity index (χ4v) is 2.88. The Bertz CT molecular complexity index is 434. The molecule has 0 atom stereocenters. The number of esters is 3. The van der Waals surface area contributed by atoms with Crippen LogP contribution in [0.4, 0.5) is 0 Å². The Morgan fingerprint density at radius 2 is 1.00 bits per heavy atom. The maximum atomic E-state index is 11.5. The van der Waals surface area contributed by atoms with Crippen molar-refractivity contribution in [3.05, 3.63) is 0 Å². The van der Waals surface area contributed by atoms with E-state index in [1.807, 2.05) is 0 Å². The molecule has 0 aliphatic rings. The summed E-state index contributed by atoms with van der Waals surface area (Å²) in [5, 5.41) is 0. The van der Waals surface area contributed by atoms with Crippen molar-refractivity contribution in [3.8, 4) is 0 Å². The van der Waals surface area contributed by atoms with Crippen molar-refractivity contribution >= 4 is 17.9 Å². The summed E-state index contributed by atoms with van der Waals surface area (Å²) >= 11 is 0. The number of hydrogen-bond acceptors (Lipinski definition) is 8. The standard InChI is InChI=1S/C20H38N2O6/c1-6-17(7-2)16-22(13-10-20(25)28-5)15-14-21(11-8-18(23)26-3)12-9-19(24)27-4/h17H,6-16H2,1-5H3. The van der Waals surface area contributed by atoms with E-state index in [1.165, 1.54) is 21.3 Å². The largest absolute Gasteiger partial charge is 0.469 e. The molecule has 28 heavy (non-hydrogen) atoms. The number of nitrogens with zero attached hydrogens (tertiary/aromatic N) is 2. The van der Waals surface area contributed by atoms with E-state index in [-0.39, 0.29) is 30.7 Å². The summed E-state index contributed by atoms with van der Waals surface area (Å²) in [7, 11) is 4.13. The first-order valence-electron chi connectivity index (χ1n) is 10.0. The highest BCUT2D eigenvalue weighted by Crippen LogP contribution is 2.11. The van der Waals surface area contributed by atoms with E-state index >= 15 is 0 Å². The lowest BCUT2D eigenvalue weighted by Crippen LogP contribution is -2.40. The van der Waals surface area contributed by atoms with Crippen LogP contribution < -0.4 is 0 Å². The number of methoxy groups -OCH3 is 3. The van der Waals surface area contributed by atoms with Crippen molar-refractivity contribution in [1.82, 2.24) is 9.80 Å². The maximum Gasteiger partial charge on any atom is 0.306 e. The van der Waals surface area contributed by atoms with Gasteiger partial charge in [-0.2, -0.15) is 0 Å². The number of hydrogen-bond donors (Lipinski definition) is 0. The Balaban J connectivity index is 4.82. The number of carbonyl (C=O) groups excluding carboxylic acids is 3. The molecule has 0 aromatic carbocycles. The third-order valence-corrected chi connectivity index (χ3v) is 4.98. The van der Waals surface area contributed by atoms with Crippen molar-refractivity contribution < 1.29 is 28.6 Å². The molecule has 0 amide bonds. The van der Waals surface area contributed by atoms with Crippen LogP contribution in [-0.4, -0.2) is 88.3 Å². The Hall–Kier alpha value is -1.67. The van der Waals surface area contributed by atoms with Gasteiger partial charge in [-0.05, 0) is 5.92 Å². The summed E-state index contributed by atoms with van der Waals surface area (Å²) in [6.07, 6.45) is 3.05. The molecule has 0 rings (SSSR count). The highest BCUT2D eigenvalue weighted by atomic mass is 16.5. The zero-order valence-corrected chi connectivity index (χ0v) is 18.2. The molecule has 0 aliphatic heterocycles. The Morgan fingerprint density at radius 3 is 1.36 bits per heavy atom. The van der Waals surface area contributed by atoms with Gasteiger partial charge in [0.25, 0.3) is 0 Å². The molecule has 0 saturated carbocycles. The first kappa shape index (κ1) is 26.3. The van der Waals surface area contributed by atoms with E-state index < -0.39 is 0 Å². The molecule has 0 radical (unpaired) electrons. The Labute approximate surface area is 169 Å². The summed E-state index contributed by atoms with van der Waals surface area (Å²) in [5.41, 5.74) is 0. The van der Waals surface area contributed by atoms with Gasteiger partial charge in [0.2, 0.25) is 0 Å². The second-order valence-corrected chi connectivity index (χ2v) is 6.80. The van der Waals surface area contributed by atoms with Crippen molar-refractivity contribution in [2.45, 2.75) is 46.0 Å². The molecule has 0 bridgehead atoms. The Kier molecular flexibility index (Phi) is 15.3. The van der Waals surface area contributed by atoms with E-state index in [2.05, 4.69) is 23.6 Å². The maximum absolute atomic E-state index is 11.5. The van der Waals surface area contributed by atoms with Gasteiger partial charge in [0.1, 0.15) is 0 Å². The molecule has 0 spiro atoms. The number of ether oxygens (including phenoxy) is 3. The SMILES string of the molecule is CCC(CC)CN(CCC(=O)OC)CCN(CCC(=O)OC)CCC(=O)OC. The minimum atomic E-state index is -0.275. The normalized spacial score (nSPS) is 11.1. The lowest BCUT2D eigenvalue weighted by atomic mass is 10.0. The summed E-state index contributed by atoms with van der Waals surface area (Å²) in [5.74, 6) is -0.204. The predicted molar refractivity (Wildman–Crippen MR) is 107 cm³/mol. The van der Waals surface area contributed by atoms with Crippen molar-refractivity contribution in [2.75, 3.05) is 60.6 Å². The third-order valence-electron chi connectivity index (χ3n) is 4.98. The van der Waals surface area contributed by atoms with Crippen molar-refractivity contribution in [1.29, 1.82) is 0 Å². The molecule has 0 aromatic rings. The van der Waals surface area contributed by atoms with Gasteiger partial charge in [0.05, 0.1) is 40.6 Å². The fraction of sp³-hybridized carbons (Fsp3) is 0.850. The van der Waals surface area contributed by atoms with Crippen LogP contribution in [0.25, 0.3) is 0 Å². The summed E-state index contributed by atoms with van der Waals surface area (Å²) in [6, 6.07) is 0. The van der Waals surface area contributed by atoms with Gasteiger partial charge in [-0.1, -0.05) is 26.7 Å².